The lowest BCUT2D eigenvalue weighted by Crippen LogP contribution is -2.52. The first kappa shape index (κ1) is 14.7. The predicted molar refractivity (Wildman–Crippen MR) is 84.6 cm³/mol. The van der Waals surface area contributed by atoms with Crippen LogP contribution in [0.15, 0.2) is 0 Å². The summed E-state index contributed by atoms with van der Waals surface area (Å²) in [6.45, 7) is 6.35. The van der Waals surface area contributed by atoms with Crippen molar-refractivity contribution in [2.24, 2.45) is 23.5 Å². The minimum absolute atomic E-state index is 0.217. The van der Waals surface area contributed by atoms with E-state index in [4.69, 9.17) is 5.73 Å². The number of nitrogens with zero attached hydrogens (tertiary/aromatic N) is 1. The molecule has 2 aliphatic carbocycles. The van der Waals surface area contributed by atoms with Gasteiger partial charge in [0.15, 0.2) is 0 Å². The molecule has 3 fully saturated rings. The normalized spacial score (nSPS) is 40.5. The van der Waals surface area contributed by atoms with Crippen LogP contribution in [0.5, 0.6) is 0 Å². The topological polar surface area (TPSA) is 46.3 Å². The second-order valence-corrected chi connectivity index (χ2v) is 9.37. The lowest BCUT2D eigenvalue weighted by molar-refractivity contribution is -0.138. The number of thioether (sulfide) groups is 1. The van der Waals surface area contributed by atoms with Gasteiger partial charge in [-0.15, -0.1) is 0 Å². The van der Waals surface area contributed by atoms with E-state index in [1.807, 2.05) is 11.8 Å². The summed E-state index contributed by atoms with van der Waals surface area (Å²) in [7, 11) is 0. The molecule has 20 heavy (non-hydrogen) atoms. The third-order valence-corrected chi connectivity index (χ3v) is 6.80. The van der Waals surface area contributed by atoms with E-state index in [-0.39, 0.29) is 10.7 Å². The zero-order valence-electron chi connectivity index (χ0n) is 12.8. The first-order valence-electron chi connectivity index (χ1n) is 8.14. The van der Waals surface area contributed by atoms with Gasteiger partial charge in [0.1, 0.15) is 0 Å². The maximum absolute atomic E-state index is 12.9. The maximum atomic E-state index is 12.9. The van der Waals surface area contributed by atoms with E-state index in [1.165, 1.54) is 19.3 Å². The Morgan fingerprint density at radius 3 is 2.50 bits per heavy atom. The molecule has 114 valence electrons. The van der Waals surface area contributed by atoms with Crippen molar-refractivity contribution >= 4 is 17.7 Å². The summed E-state index contributed by atoms with van der Waals surface area (Å²) in [5.41, 5.74) is 6.34. The predicted octanol–water partition coefficient (Wildman–Crippen LogP) is 2.49. The highest BCUT2D eigenvalue weighted by Crippen LogP contribution is 2.43. The minimum Gasteiger partial charge on any atom is -0.340 e. The van der Waals surface area contributed by atoms with Gasteiger partial charge in [-0.3, -0.25) is 4.79 Å². The molecule has 1 heterocycles. The average Bonchev–Trinajstić information content (AvgIpc) is 2.36. The number of hydrogen-bond donors (Lipinski definition) is 1. The molecule has 2 N–H and O–H groups in total. The molecule has 2 unspecified atom stereocenters. The SMILES string of the molecule is CC1(C)CN(C(=O)C2CC3CCCC(C2)C3N)CCS1. The Morgan fingerprint density at radius 2 is 1.90 bits per heavy atom. The molecular weight excluding hydrogens is 268 g/mol. The number of amides is 1. The van der Waals surface area contributed by atoms with Crippen LogP contribution < -0.4 is 5.73 Å². The van der Waals surface area contributed by atoms with Gasteiger partial charge in [0.2, 0.25) is 5.91 Å². The molecule has 0 aromatic carbocycles. The molecule has 1 aliphatic heterocycles. The van der Waals surface area contributed by atoms with E-state index >= 15 is 0 Å². The molecule has 0 radical (unpaired) electrons. The summed E-state index contributed by atoms with van der Waals surface area (Å²) in [6.07, 6.45) is 5.88. The summed E-state index contributed by atoms with van der Waals surface area (Å²) < 4.78 is 0.217. The van der Waals surface area contributed by atoms with Crippen LogP contribution >= 0.6 is 11.8 Å². The van der Waals surface area contributed by atoms with Gasteiger partial charge in [-0.1, -0.05) is 6.42 Å². The summed E-state index contributed by atoms with van der Waals surface area (Å²) in [5, 5.41) is 0. The highest BCUT2D eigenvalue weighted by atomic mass is 32.2. The highest BCUT2D eigenvalue weighted by Gasteiger charge is 2.42. The Hall–Kier alpha value is -0.220. The van der Waals surface area contributed by atoms with Crippen molar-refractivity contribution in [1.82, 2.24) is 4.90 Å². The van der Waals surface area contributed by atoms with Gasteiger partial charge in [-0.25, -0.2) is 0 Å². The average molecular weight is 296 g/mol. The molecule has 2 bridgehead atoms. The lowest BCUT2D eigenvalue weighted by atomic mass is 9.65. The van der Waals surface area contributed by atoms with Crippen molar-refractivity contribution in [1.29, 1.82) is 0 Å². The Labute approximate surface area is 127 Å². The van der Waals surface area contributed by atoms with Crippen LogP contribution in [-0.4, -0.2) is 40.4 Å². The highest BCUT2D eigenvalue weighted by molar-refractivity contribution is 8.00. The van der Waals surface area contributed by atoms with Crippen LogP contribution in [0.3, 0.4) is 0 Å². The van der Waals surface area contributed by atoms with Crippen molar-refractivity contribution in [3.63, 3.8) is 0 Å². The third kappa shape index (κ3) is 2.87. The Morgan fingerprint density at radius 1 is 1.25 bits per heavy atom. The lowest BCUT2D eigenvalue weighted by Gasteiger charge is -2.46. The van der Waals surface area contributed by atoms with Gasteiger partial charge in [-0.05, 0) is 51.4 Å². The molecule has 4 heteroatoms. The fraction of sp³-hybridized carbons (Fsp3) is 0.938. The number of nitrogens with two attached hydrogens (primary N) is 1. The molecule has 2 atom stereocenters. The second kappa shape index (κ2) is 5.53. The van der Waals surface area contributed by atoms with Crippen LogP contribution in [0.2, 0.25) is 0 Å². The molecule has 1 amide bonds. The number of carbonyl (C=O) groups is 1. The van der Waals surface area contributed by atoms with E-state index in [0.717, 1.165) is 31.7 Å². The Balaban J connectivity index is 1.66. The number of hydrogen-bond acceptors (Lipinski definition) is 3. The number of rotatable bonds is 1. The summed E-state index contributed by atoms with van der Waals surface area (Å²) >= 11 is 1.99. The van der Waals surface area contributed by atoms with Gasteiger partial charge in [0.05, 0.1) is 0 Å². The molecule has 3 nitrogen and oxygen atoms in total. The first-order valence-corrected chi connectivity index (χ1v) is 9.13. The van der Waals surface area contributed by atoms with Gasteiger partial charge >= 0.3 is 0 Å². The van der Waals surface area contributed by atoms with E-state index in [9.17, 15) is 4.79 Å². The van der Waals surface area contributed by atoms with Crippen molar-refractivity contribution in [2.75, 3.05) is 18.8 Å². The second-order valence-electron chi connectivity index (χ2n) is 7.56. The minimum atomic E-state index is 0.217. The molecule has 1 saturated heterocycles. The smallest absolute Gasteiger partial charge is 0.225 e. The molecule has 0 spiro atoms. The number of fused-ring (bicyclic) bond motifs is 2. The van der Waals surface area contributed by atoms with E-state index in [0.29, 0.717) is 23.8 Å². The Kier molecular flexibility index (Phi) is 4.06. The molecule has 2 saturated carbocycles. The summed E-state index contributed by atoms with van der Waals surface area (Å²) in [6, 6.07) is 0.362. The van der Waals surface area contributed by atoms with Crippen molar-refractivity contribution in [2.45, 2.75) is 56.7 Å². The fourth-order valence-corrected chi connectivity index (χ4v) is 5.56. The van der Waals surface area contributed by atoms with Crippen LogP contribution in [0, 0.1) is 17.8 Å². The van der Waals surface area contributed by atoms with Gasteiger partial charge < -0.3 is 10.6 Å². The molecule has 0 aromatic rings. The van der Waals surface area contributed by atoms with Crippen LogP contribution in [-0.2, 0) is 4.79 Å². The van der Waals surface area contributed by atoms with E-state index < -0.39 is 0 Å². The van der Waals surface area contributed by atoms with Crippen molar-refractivity contribution in [3.8, 4) is 0 Å². The zero-order chi connectivity index (χ0) is 14.3. The van der Waals surface area contributed by atoms with E-state index in [1.54, 1.807) is 0 Å². The van der Waals surface area contributed by atoms with E-state index in [2.05, 4.69) is 18.7 Å². The molecule has 0 aromatic heterocycles. The summed E-state index contributed by atoms with van der Waals surface area (Å²) in [5.74, 6) is 2.95. The Bertz CT molecular complexity index is 371. The first-order chi connectivity index (χ1) is 9.46. The van der Waals surface area contributed by atoms with Gasteiger partial charge in [-0.2, -0.15) is 11.8 Å². The summed E-state index contributed by atoms with van der Waals surface area (Å²) in [4.78, 5) is 15.0. The van der Waals surface area contributed by atoms with Gasteiger partial charge in [0.25, 0.3) is 0 Å². The molecule has 3 aliphatic rings. The molecular formula is C16H28N2OS. The van der Waals surface area contributed by atoms with Crippen molar-refractivity contribution < 1.29 is 4.79 Å². The monoisotopic (exact) mass is 296 g/mol. The zero-order valence-corrected chi connectivity index (χ0v) is 13.6. The van der Waals surface area contributed by atoms with Crippen LogP contribution in [0.4, 0.5) is 0 Å². The van der Waals surface area contributed by atoms with Crippen LogP contribution in [0.1, 0.15) is 46.0 Å². The van der Waals surface area contributed by atoms with Crippen molar-refractivity contribution in [3.05, 3.63) is 0 Å². The standard InChI is InChI=1S/C16H28N2OS/c1-16(2)10-18(6-7-20-16)15(19)13-8-11-4-3-5-12(9-13)14(11)17/h11-14H,3-10,17H2,1-2H3. The molecule has 3 rings (SSSR count). The van der Waals surface area contributed by atoms with Crippen LogP contribution in [0.25, 0.3) is 0 Å². The fourth-order valence-electron chi connectivity index (χ4n) is 4.45. The maximum Gasteiger partial charge on any atom is 0.225 e. The quantitative estimate of drug-likeness (QED) is 0.808. The number of carbonyl (C=O) groups excluding carboxylic acids is 1. The largest absolute Gasteiger partial charge is 0.340 e. The third-order valence-electron chi connectivity index (χ3n) is 5.50. The van der Waals surface area contributed by atoms with Gasteiger partial charge in [0, 0.05) is 35.5 Å².